The maximum absolute atomic E-state index is 12.9. The molecule has 31 heavy (non-hydrogen) atoms. The monoisotopic (exact) mass is 431 g/mol. The number of carbonyl (C=O) groups excluding carboxylic acids is 1. The number of hydrogen-bond donors (Lipinski definition) is 2. The second-order valence-electron chi connectivity index (χ2n) is 7.46. The second-order valence-corrected chi connectivity index (χ2v) is 7.46. The highest BCUT2D eigenvalue weighted by molar-refractivity contribution is 5.89. The maximum atomic E-state index is 12.9. The Morgan fingerprint density at radius 2 is 1.81 bits per heavy atom. The molecule has 162 valence electrons. The number of alkyl halides is 3. The Balaban J connectivity index is 1.55. The van der Waals surface area contributed by atoms with Crippen LogP contribution in [-0.4, -0.2) is 21.2 Å². The van der Waals surface area contributed by atoms with Crippen molar-refractivity contribution in [2.45, 2.75) is 43.8 Å². The van der Waals surface area contributed by atoms with E-state index in [-0.39, 0.29) is 11.6 Å². The first-order valence-corrected chi connectivity index (χ1v) is 9.87. The van der Waals surface area contributed by atoms with Crippen LogP contribution in [0, 0.1) is 0 Å². The standard InChI is InChI=1S/C21H20F3N5O2/c22-21(23,24)15-5-4-6-16(13-15)26-19(30)28-20(9-2-1-3-10-20)18-27-17(29-31-18)14-7-11-25-12-8-14/h4-8,11-13H,1-3,9-10H2,(H2,26,28,30). The third kappa shape index (κ3) is 4.68. The molecule has 2 aromatic heterocycles. The number of aromatic nitrogens is 3. The van der Waals surface area contributed by atoms with Crippen LogP contribution in [0.15, 0.2) is 53.3 Å². The minimum Gasteiger partial charge on any atom is -0.336 e. The molecule has 0 aliphatic heterocycles. The lowest BCUT2D eigenvalue weighted by atomic mass is 9.81. The predicted molar refractivity (Wildman–Crippen MR) is 106 cm³/mol. The molecule has 1 saturated carbocycles. The molecule has 0 atom stereocenters. The van der Waals surface area contributed by atoms with E-state index in [2.05, 4.69) is 25.8 Å². The van der Waals surface area contributed by atoms with Gasteiger partial charge < -0.3 is 15.2 Å². The van der Waals surface area contributed by atoms with Crippen molar-refractivity contribution in [3.8, 4) is 11.4 Å². The highest BCUT2D eigenvalue weighted by Crippen LogP contribution is 2.37. The van der Waals surface area contributed by atoms with Crippen molar-refractivity contribution < 1.29 is 22.5 Å². The first kappa shape index (κ1) is 20.8. The molecule has 3 aromatic rings. The summed E-state index contributed by atoms with van der Waals surface area (Å²) in [6.45, 7) is 0. The van der Waals surface area contributed by atoms with Crippen LogP contribution in [0.3, 0.4) is 0 Å². The minimum absolute atomic E-state index is 0.0429. The van der Waals surface area contributed by atoms with Gasteiger partial charge in [0.25, 0.3) is 5.89 Å². The van der Waals surface area contributed by atoms with E-state index in [9.17, 15) is 18.0 Å². The summed E-state index contributed by atoms with van der Waals surface area (Å²) in [6, 6.07) is 7.34. The van der Waals surface area contributed by atoms with Gasteiger partial charge in [0.1, 0.15) is 5.54 Å². The lowest BCUT2D eigenvalue weighted by Crippen LogP contribution is -2.49. The number of nitrogens with zero attached hydrogens (tertiary/aromatic N) is 3. The average Bonchev–Trinajstić information content (AvgIpc) is 3.26. The third-order valence-corrected chi connectivity index (χ3v) is 5.28. The van der Waals surface area contributed by atoms with Crippen LogP contribution >= 0.6 is 0 Å². The number of rotatable bonds is 4. The Morgan fingerprint density at radius 1 is 1.06 bits per heavy atom. The quantitative estimate of drug-likeness (QED) is 0.597. The summed E-state index contributed by atoms with van der Waals surface area (Å²) in [5.41, 5.74) is -0.954. The van der Waals surface area contributed by atoms with Gasteiger partial charge in [0, 0.05) is 23.6 Å². The van der Waals surface area contributed by atoms with Gasteiger partial charge >= 0.3 is 12.2 Å². The number of pyridine rings is 1. The molecule has 0 saturated heterocycles. The van der Waals surface area contributed by atoms with Gasteiger partial charge in [-0.15, -0.1) is 0 Å². The van der Waals surface area contributed by atoms with Crippen molar-refractivity contribution in [1.29, 1.82) is 0 Å². The number of halogens is 3. The van der Waals surface area contributed by atoms with Crippen LogP contribution in [0.4, 0.5) is 23.7 Å². The van der Waals surface area contributed by atoms with Crippen molar-refractivity contribution in [3.05, 3.63) is 60.2 Å². The van der Waals surface area contributed by atoms with E-state index in [4.69, 9.17) is 4.52 Å². The molecule has 10 heteroatoms. The molecule has 1 aliphatic carbocycles. The van der Waals surface area contributed by atoms with Crippen LogP contribution < -0.4 is 10.6 Å². The number of nitrogens with one attached hydrogen (secondary N) is 2. The molecule has 1 aromatic carbocycles. The number of anilines is 1. The van der Waals surface area contributed by atoms with E-state index in [0.717, 1.165) is 37.0 Å². The molecule has 1 fully saturated rings. The number of amides is 2. The molecular formula is C21H20F3N5O2. The summed E-state index contributed by atoms with van der Waals surface area (Å²) in [7, 11) is 0. The van der Waals surface area contributed by atoms with Gasteiger partial charge in [0.15, 0.2) is 0 Å². The Labute approximate surface area is 176 Å². The fourth-order valence-electron chi connectivity index (χ4n) is 3.74. The predicted octanol–water partition coefficient (Wildman–Crippen LogP) is 5.13. The van der Waals surface area contributed by atoms with Gasteiger partial charge in [-0.2, -0.15) is 18.2 Å². The summed E-state index contributed by atoms with van der Waals surface area (Å²) >= 11 is 0. The Morgan fingerprint density at radius 3 is 2.52 bits per heavy atom. The van der Waals surface area contributed by atoms with E-state index < -0.39 is 23.3 Å². The first-order valence-electron chi connectivity index (χ1n) is 9.87. The molecule has 0 spiro atoms. The van der Waals surface area contributed by atoms with Gasteiger partial charge in [-0.1, -0.05) is 30.5 Å². The number of hydrogen-bond acceptors (Lipinski definition) is 5. The van der Waals surface area contributed by atoms with E-state index in [0.29, 0.717) is 18.7 Å². The average molecular weight is 431 g/mol. The van der Waals surface area contributed by atoms with E-state index in [1.54, 1.807) is 24.5 Å². The van der Waals surface area contributed by atoms with Gasteiger partial charge in [0.2, 0.25) is 5.82 Å². The number of carbonyl (C=O) groups is 1. The zero-order chi connectivity index (χ0) is 21.9. The minimum atomic E-state index is -4.49. The maximum Gasteiger partial charge on any atom is 0.416 e. The van der Waals surface area contributed by atoms with Crippen LogP contribution in [0.1, 0.15) is 43.6 Å². The van der Waals surface area contributed by atoms with Crippen molar-refractivity contribution >= 4 is 11.7 Å². The number of benzene rings is 1. The highest BCUT2D eigenvalue weighted by Gasteiger charge is 2.41. The Bertz CT molecular complexity index is 1050. The van der Waals surface area contributed by atoms with Crippen molar-refractivity contribution in [3.63, 3.8) is 0 Å². The topological polar surface area (TPSA) is 92.9 Å². The molecule has 2 N–H and O–H groups in total. The Hall–Kier alpha value is -3.43. The zero-order valence-electron chi connectivity index (χ0n) is 16.4. The molecule has 0 radical (unpaired) electrons. The van der Waals surface area contributed by atoms with E-state index >= 15 is 0 Å². The normalized spacial score (nSPS) is 16.0. The molecule has 2 amide bonds. The third-order valence-electron chi connectivity index (χ3n) is 5.28. The van der Waals surface area contributed by atoms with E-state index in [1.165, 1.54) is 12.1 Å². The lowest BCUT2D eigenvalue weighted by molar-refractivity contribution is -0.137. The van der Waals surface area contributed by atoms with Crippen LogP contribution in [0.25, 0.3) is 11.4 Å². The van der Waals surface area contributed by atoms with Gasteiger partial charge in [-0.25, -0.2) is 4.79 Å². The molecule has 0 bridgehead atoms. The molecular weight excluding hydrogens is 411 g/mol. The summed E-state index contributed by atoms with van der Waals surface area (Å²) < 4.78 is 44.3. The van der Waals surface area contributed by atoms with Crippen LogP contribution in [-0.2, 0) is 11.7 Å². The van der Waals surface area contributed by atoms with Gasteiger partial charge in [0.05, 0.1) is 5.56 Å². The van der Waals surface area contributed by atoms with Gasteiger partial charge in [-0.05, 0) is 43.2 Å². The lowest BCUT2D eigenvalue weighted by Gasteiger charge is -2.34. The van der Waals surface area contributed by atoms with Gasteiger partial charge in [-0.3, -0.25) is 4.98 Å². The first-order chi connectivity index (χ1) is 14.9. The van der Waals surface area contributed by atoms with Crippen LogP contribution in [0.2, 0.25) is 0 Å². The van der Waals surface area contributed by atoms with E-state index in [1.807, 2.05) is 0 Å². The summed E-state index contributed by atoms with van der Waals surface area (Å²) in [5.74, 6) is 0.653. The number of urea groups is 1. The van der Waals surface area contributed by atoms with Crippen molar-refractivity contribution in [1.82, 2.24) is 20.4 Å². The fourth-order valence-corrected chi connectivity index (χ4v) is 3.74. The zero-order valence-corrected chi connectivity index (χ0v) is 16.4. The summed E-state index contributed by atoms with van der Waals surface area (Å²) in [4.78, 5) is 21.1. The molecule has 4 rings (SSSR count). The molecule has 0 unspecified atom stereocenters. The van der Waals surface area contributed by atoms with Crippen LogP contribution in [0.5, 0.6) is 0 Å². The smallest absolute Gasteiger partial charge is 0.336 e. The van der Waals surface area contributed by atoms with Crippen molar-refractivity contribution in [2.24, 2.45) is 0 Å². The Kier molecular flexibility index (Phi) is 5.62. The SMILES string of the molecule is O=C(Nc1cccc(C(F)(F)F)c1)NC1(c2nc(-c3ccncc3)no2)CCCCC1. The summed E-state index contributed by atoms with van der Waals surface area (Å²) in [6.07, 6.45) is 2.59. The summed E-state index contributed by atoms with van der Waals surface area (Å²) in [5, 5.41) is 9.39. The molecule has 2 heterocycles. The largest absolute Gasteiger partial charge is 0.416 e. The second kappa shape index (κ2) is 8.37. The molecule has 1 aliphatic rings. The fraction of sp³-hybridized carbons (Fsp3) is 0.333. The van der Waals surface area contributed by atoms with Crippen molar-refractivity contribution in [2.75, 3.05) is 5.32 Å². The highest BCUT2D eigenvalue weighted by atomic mass is 19.4. The molecule has 7 nitrogen and oxygen atoms in total.